The molecule has 0 fully saturated rings. The number of hydrogen-bond acceptors (Lipinski definition) is 4. The zero-order valence-corrected chi connectivity index (χ0v) is 16.2. The number of amides is 2. The number of ether oxygens (including phenoxy) is 1. The molecular weight excluding hydrogens is 366 g/mol. The van der Waals surface area contributed by atoms with Crippen molar-refractivity contribution in [2.24, 2.45) is 5.10 Å². The first-order chi connectivity index (χ1) is 14.2. The zero-order chi connectivity index (χ0) is 20.5. The van der Waals surface area contributed by atoms with Crippen molar-refractivity contribution < 1.29 is 14.3 Å². The molecule has 0 bridgehead atoms. The Morgan fingerprint density at radius 1 is 0.966 bits per heavy atom. The second-order valence-corrected chi connectivity index (χ2v) is 6.43. The van der Waals surface area contributed by atoms with Gasteiger partial charge >= 0.3 is 0 Å². The Morgan fingerprint density at radius 2 is 1.72 bits per heavy atom. The average molecular weight is 389 g/mol. The maximum atomic E-state index is 12.0. The number of anilines is 1. The summed E-state index contributed by atoms with van der Waals surface area (Å²) in [6, 6.07) is 20.7. The van der Waals surface area contributed by atoms with Crippen LogP contribution in [-0.2, 0) is 9.59 Å². The van der Waals surface area contributed by atoms with E-state index in [0.29, 0.717) is 18.0 Å². The molecule has 2 amide bonds. The number of benzene rings is 3. The van der Waals surface area contributed by atoms with Gasteiger partial charge in [0.05, 0.1) is 12.8 Å². The molecule has 0 aliphatic heterocycles. The number of nitrogens with zero attached hydrogens (tertiary/aromatic N) is 1. The molecule has 3 aromatic carbocycles. The summed E-state index contributed by atoms with van der Waals surface area (Å²) in [5.41, 5.74) is 3.83. The van der Waals surface area contributed by atoms with Gasteiger partial charge in [0.2, 0.25) is 11.8 Å². The molecule has 0 atom stereocenters. The van der Waals surface area contributed by atoms with Gasteiger partial charge < -0.3 is 10.1 Å². The smallest absolute Gasteiger partial charge is 0.249 e. The summed E-state index contributed by atoms with van der Waals surface area (Å²) in [4.78, 5) is 24.0. The van der Waals surface area contributed by atoms with Crippen molar-refractivity contribution in [1.82, 2.24) is 5.43 Å². The fourth-order valence-corrected chi connectivity index (χ4v) is 2.83. The summed E-state index contributed by atoms with van der Waals surface area (Å²) in [6.45, 7) is 2.63. The van der Waals surface area contributed by atoms with E-state index in [0.717, 1.165) is 22.8 Å². The highest BCUT2D eigenvalue weighted by Gasteiger charge is 2.10. The Morgan fingerprint density at radius 3 is 2.52 bits per heavy atom. The van der Waals surface area contributed by atoms with Crippen LogP contribution in [0.4, 0.5) is 5.69 Å². The average Bonchev–Trinajstić information content (AvgIpc) is 2.73. The van der Waals surface area contributed by atoms with Gasteiger partial charge in [-0.15, -0.1) is 0 Å². The minimum atomic E-state index is -0.494. The largest absolute Gasteiger partial charge is 0.493 e. The zero-order valence-electron chi connectivity index (χ0n) is 16.2. The first-order valence-corrected chi connectivity index (χ1v) is 9.48. The lowest BCUT2D eigenvalue weighted by Crippen LogP contribution is -2.24. The van der Waals surface area contributed by atoms with E-state index in [1.54, 1.807) is 18.3 Å². The first-order valence-electron chi connectivity index (χ1n) is 9.48. The number of carbonyl (C=O) groups is 2. The highest BCUT2D eigenvalue weighted by molar-refractivity contribution is 6.05. The summed E-state index contributed by atoms with van der Waals surface area (Å²) in [6.07, 6.45) is 2.12. The summed E-state index contributed by atoms with van der Waals surface area (Å²) < 4.78 is 5.81. The van der Waals surface area contributed by atoms with Crippen LogP contribution in [0.2, 0.25) is 0 Å². The van der Waals surface area contributed by atoms with Crippen LogP contribution < -0.4 is 15.5 Å². The molecule has 0 heterocycles. The molecule has 0 saturated carbocycles. The maximum absolute atomic E-state index is 12.0. The third-order valence-corrected chi connectivity index (χ3v) is 4.15. The van der Waals surface area contributed by atoms with Crippen LogP contribution in [0, 0.1) is 0 Å². The Bertz CT molecular complexity index is 1020. The van der Waals surface area contributed by atoms with Crippen LogP contribution >= 0.6 is 0 Å². The molecular formula is C23H23N3O3. The molecule has 0 aliphatic carbocycles. The van der Waals surface area contributed by atoms with Gasteiger partial charge in [-0.1, -0.05) is 55.5 Å². The SMILES string of the molecule is CCCOc1ccc2ccccc2c1C=NNC(=O)CC(=O)Nc1ccccc1. The van der Waals surface area contributed by atoms with Crippen LogP contribution in [0.3, 0.4) is 0 Å². The Kier molecular flexibility index (Phi) is 6.95. The summed E-state index contributed by atoms with van der Waals surface area (Å²) in [5.74, 6) is -0.197. The minimum Gasteiger partial charge on any atom is -0.493 e. The molecule has 2 N–H and O–H groups in total. The second-order valence-electron chi connectivity index (χ2n) is 6.43. The van der Waals surface area contributed by atoms with Crippen LogP contribution in [0.5, 0.6) is 5.75 Å². The van der Waals surface area contributed by atoms with Gasteiger partial charge in [0.1, 0.15) is 12.2 Å². The van der Waals surface area contributed by atoms with E-state index < -0.39 is 11.8 Å². The number of carbonyl (C=O) groups excluding carboxylic acids is 2. The van der Waals surface area contributed by atoms with Gasteiger partial charge in [0.15, 0.2) is 0 Å². The normalized spacial score (nSPS) is 10.8. The van der Waals surface area contributed by atoms with Crippen LogP contribution in [0.1, 0.15) is 25.3 Å². The number of nitrogens with one attached hydrogen (secondary N) is 2. The third kappa shape index (κ3) is 5.65. The second kappa shape index (κ2) is 10.0. The van der Waals surface area contributed by atoms with Gasteiger partial charge in [0, 0.05) is 11.3 Å². The Labute approximate surface area is 169 Å². The van der Waals surface area contributed by atoms with Crippen molar-refractivity contribution in [2.75, 3.05) is 11.9 Å². The summed E-state index contributed by atoms with van der Waals surface area (Å²) in [7, 11) is 0. The fourth-order valence-electron chi connectivity index (χ4n) is 2.83. The molecule has 0 aliphatic rings. The fraction of sp³-hybridized carbons (Fsp3) is 0.174. The van der Waals surface area contributed by atoms with Crippen LogP contribution in [0.25, 0.3) is 10.8 Å². The van der Waals surface area contributed by atoms with E-state index in [2.05, 4.69) is 15.8 Å². The molecule has 0 radical (unpaired) electrons. The Hall–Kier alpha value is -3.67. The third-order valence-electron chi connectivity index (χ3n) is 4.15. The number of rotatable bonds is 8. The highest BCUT2D eigenvalue weighted by Crippen LogP contribution is 2.26. The lowest BCUT2D eigenvalue weighted by molar-refractivity contribution is -0.126. The predicted octanol–water partition coefficient (Wildman–Crippen LogP) is 4.11. The van der Waals surface area contributed by atoms with E-state index in [9.17, 15) is 9.59 Å². The van der Waals surface area contributed by atoms with Crippen LogP contribution in [-0.4, -0.2) is 24.6 Å². The molecule has 0 saturated heterocycles. The standard InChI is InChI=1S/C23H23N3O3/c1-2-14-29-21-13-12-17-8-6-7-11-19(17)20(21)16-24-26-23(28)15-22(27)25-18-9-4-3-5-10-18/h3-13,16H,2,14-15H2,1H3,(H,25,27)(H,26,28). The summed E-state index contributed by atoms with van der Waals surface area (Å²) >= 11 is 0. The number of hydrogen-bond donors (Lipinski definition) is 2. The van der Waals surface area contributed by atoms with Crippen LogP contribution in [0.15, 0.2) is 71.8 Å². The van der Waals surface area contributed by atoms with E-state index in [1.165, 1.54) is 0 Å². The van der Waals surface area contributed by atoms with Gasteiger partial charge in [-0.05, 0) is 35.4 Å². The van der Waals surface area contributed by atoms with Crippen molar-refractivity contribution in [1.29, 1.82) is 0 Å². The molecule has 0 spiro atoms. The highest BCUT2D eigenvalue weighted by atomic mass is 16.5. The van der Waals surface area contributed by atoms with Crippen molar-refractivity contribution in [3.05, 3.63) is 72.3 Å². The monoisotopic (exact) mass is 389 g/mol. The van der Waals surface area contributed by atoms with E-state index in [-0.39, 0.29) is 6.42 Å². The summed E-state index contributed by atoms with van der Waals surface area (Å²) in [5, 5.41) is 8.72. The van der Waals surface area contributed by atoms with Crippen molar-refractivity contribution in [3.63, 3.8) is 0 Å². The van der Waals surface area contributed by atoms with Crippen molar-refractivity contribution >= 4 is 34.5 Å². The van der Waals surface area contributed by atoms with Gasteiger partial charge in [-0.2, -0.15) is 5.10 Å². The molecule has 3 rings (SSSR count). The molecule has 6 nitrogen and oxygen atoms in total. The van der Waals surface area contributed by atoms with E-state index in [4.69, 9.17) is 4.74 Å². The molecule has 29 heavy (non-hydrogen) atoms. The lowest BCUT2D eigenvalue weighted by atomic mass is 10.0. The number of para-hydroxylation sites is 1. The quantitative estimate of drug-likeness (QED) is 0.346. The maximum Gasteiger partial charge on any atom is 0.249 e. The molecule has 0 unspecified atom stereocenters. The van der Waals surface area contributed by atoms with Gasteiger partial charge in [-0.25, -0.2) is 5.43 Å². The minimum absolute atomic E-state index is 0.318. The topological polar surface area (TPSA) is 79.8 Å². The number of hydrazone groups is 1. The van der Waals surface area contributed by atoms with Gasteiger partial charge in [-0.3, -0.25) is 9.59 Å². The number of fused-ring (bicyclic) bond motifs is 1. The van der Waals surface area contributed by atoms with Gasteiger partial charge in [0.25, 0.3) is 0 Å². The lowest BCUT2D eigenvalue weighted by Gasteiger charge is -2.11. The van der Waals surface area contributed by atoms with Crippen molar-refractivity contribution in [2.45, 2.75) is 19.8 Å². The molecule has 3 aromatic rings. The molecule has 6 heteroatoms. The molecule has 148 valence electrons. The predicted molar refractivity (Wildman–Crippen MR) is 115 cm³/mol. The van der Waals surface area contributed by atoms with E-state index >= 15 is 0 Å². The molecule has 0 aromatic heterocycles. The van der Waals surface area contributed by atoms with E-state index in [1.807, 2.05) is 61.5 Å². The first kappa shape index (κ1) is 20.1. The Balaban J connectivity index is 1.66. The van der Waals surface area contributed by atoms with Crippen molar-refractivity contribution in [3.8, 4) is 5.75 Å².